The number of ether oxygens (including phenoxy) is 1. The van der Waals surface area contributed by atoms with Crippen LogP contribution in [0.5, 0.6) is 5.75 Å². The molecule has 1 N–H and O–H groups in total. The van der Waals surface area contributed by atoms with Crippen LogP contribution in [0.1, 0.15) is 12.6 Å². The summed E-state index contributed by atoms with van der Waals surface area (Å²) in [5.41, 5.74) is -0.485. The Labute approximate surface area is 144 Å². The van der Waals surface area contributed by atoms with Gasteiger partial charge in [-0.2, -0.15) is 5.10 Å². The molecular weight excluding hydrogens is 389 g/mol. The summed E-state index contributed by atoms with van der Waals surface area (Å²) in [6, 6.07) is 4.39. The molecule has 1 unspecified atom stereocenters. The first-order valence-electron chi connectivity index (χ1n) is 6.66. The Bertz CT molecular complexity index is 852. The Morgan fingerprint density at radius 3 is 2.91 bits per heavy atom. The van der Waals surface area contributed by atoms with Crippen molar-refractivity contribution in [3.63, 3.8) is 0 Å². The van der Waals surface area contributed by atoms with Crippen molar-refractivity contribution in [2.45, 2.75) is 12.5 Å². The summed E-state index contributed by atoms with van der Waals surface area (Å²) in [5, 5.41) is 15.1. The minimum Gasteiger partial charge on any atom is -0.488 e. The molecule has 0 saturated carbocycles. The molecule has 0 bridgehead atoms. The number of fused-ring (bicyclic) bond motifs is 1. The van der Waals surface area contributed by atoms with E-state index in [1.165, 1.54) is 18.3 Å². The summed E-state index contributed by atoms with van der Waals surface area (Å²) in [7, 11) is 0. The number of hydrogen-bond donors (Lipinski definition) is 1. The molecule has 0 aliphatic heterocycles. The zero-order valence-corrected chi connectivity index (χ0v) is 14.3. The van der Waals surface area contributed by atoms with Crippen molar-refractivity contribution in [3.05, 3.63) is 57.8 Å². The number of aromatic nitrogens is 3. The van der Waals surface area contributed by atoms with Crippen molar-refractivity contribution >= 4 is 33.0 Å². The smallest absolute Gasteiger partial charge is 0.147 e. The summed E-state index contributed by atoms with van der Waals surface area (Å²) in [6.07, 6.45) is 4.30. The molecule has 5 nitrogen and oxygen atoms in total. The molecule has 0 amide bonds. The maximum atomic E-state index is 12.9. The Balaban J connectivity index is 1.88. The number of hydrogen-bond acceptors (Lipinski definition) is 4. The number of pyridine rings is 2. The standard InChI is InChI=1S/C15H12BrClFN3O2/c1-15(22,13-3-2-10(18)5-19-13)8-23-12-4-9(16)7-21-14(12)11(17)6-20-21/h2-7,22H,8H2,1H3. The summed E-state index contributed by atoms with van der Waals surface area (Å²) in [4.78, 5) is 3.89. The van der Waals surface area contributed by atoms with Gasteiger partial charge in [-0.25, -0.2) is 8.91 Å². The quantitative estimate of drug-likeness (QED) is 0.727. The maximum Gasteiger partial charge on any atom is 0.147 e. The van der Waals surface area contributed by atoms with E-state index in [4.69, 9.17) is 16.3 Å². The summed E-state index contributed by atoms with van der Waals surface area (Å²) in [5.74, 6) is -0.00512. The van der Waals surface area contributed by atoms with Crippen LogP contribution in [0.2, 0.25) is 5.02 Å². The number of halogens is 3. The highest BCUT2D eigenvalue weighted by molar-refractivity contribution is 9.10. The SMILES string of the molecule is CC(O)(COc1cc(Br)cn2ncc(Cl)c12)c1ccc(F)cn1. The van der Waals surface area contributed by atoms with E-state index in [9.17, 15) is 9.50 Å². The predicted octanol–water partition coefficient (Wildman–Crippen LogP) is 3.57. The van der Waals surface area contributed by atoms with Gasteiger partial charge in [0.1, 0.15) is 29.3 Å². The van der Waals surface area contributed by atoms with Gasteiger partial charge in [-0.3, -0.25) is 4.98 Å². The van der Waals surface area contributed by atoms with Gasteiger partial charge in [0, 0.05) is 10.7 Å². The molecule has 3 aromatic heterocycles. The van der Waals surface area contributed by atoms with E-state index in [1.807, 2.05) is 0 Å². The zero-order valence-electron chi connectivity index (χ0n) is 12.0. The Morgan fingerprint density at radius 2 is 2.22 bits per heavy atom. The fourth-order valence-corrected chi connectivity index (χ4v) is 2.74. The van der Waals surface area contributed by atoms with Gasteiger partial charge in [0.25, 0.3) is 0 Å². The lowest BCUT2D eigenvalue weighted by Crippen LogP contribution is -2.30. The summed E-state index contributed by atoms with van der Waals surface area (Å²) >= 11 is 9.48. The first kappa shape index (κ1) is 16.2. The van der Waals surface area contributed by atoms with Gasteiger partial charge in [0.15, 0.2) is 0 Å². The van der Waals surface area contributed by atoms with E-state index in [2.05, 4.69) is 26.0 Å². The zero-order chi connectivity index (χ0) is 16.6. The first-order valence-corrected chi connectivity index (χ1v) is 7.83. The normalized spacial score (nSPS) is 14.0. The number of nitrogens with zero attached hydrogens (tertiary/aromatic N) is 3. The van der Waals surface area contributed by atoms with Crippen LogP contribution in [-0.4, -0.2) is 26.3 Å². The van der Waals surface area contributed by atoms with E-state index >= 15 is 0 Å². The van der Waals surface area contributed by atoms with Gasteiger partial charge < -0.3 is 9.84 Å². The van der Waals surface area contributed by atoms with Gasteiger partial charge in [-0.15, -0.1) is 0 Å². The van der Waals surface area contributed by atoms with Crippen LogP contribution in [0.3, 0.4) is 0 Å². The Hall–Kier alpha value is -1.70. The minimum atomic E-state index is -1.39. The maximum absolute atomic E-state index is 12.9. The molecule has 3 heterocycles. The highest BCUT2D eigenvalue weighted by atomic mass is 79.9. The van der Waals surface area contributed by atoms with E-state index in [0.717, 1.165) is 10.7 Å². The molecule has 0 spiro atoms. The Morgan fingerprint density at radius 1 is 1.43 bits per heavy atom. The van der Waals surface area contributed by atoms with Crippen molar-refractivity contribution in [1.29, 1.82) is 0 Å². The van der Waals surface area contributed by atoms with Crippen molar-refractivity contribution < 1.29 is 14.2 Å². The molecule has 1 atom stereocenters. The number of rotatable bonds is 4. The molecule has 8 heteroatoms. The third-order valence-electron chi connectivity index (χ3n) is 3.29. The van der Waals surface area contributed by atoms with Gasteiger partial charge in [-0.05, 0) is 41.1 Å². The fourth-order valence-electron chi connectivity index (χ4n) is 2.11. The van der Waals surface area contributed by atoms with E-state index in [-0.39, 0.29) is 6.61 Å². The van der Waals surface area contributed by atoms with Crippen LogP contribution in [0.15, 0.2) is 41.3 Å². The van der Waals surface area contributed by atoms with Crippen molar-refractivity contribution in [1.82, 2.24) is 14.6 Å². The van der Waals surface area contributed by atoms with Gasteiger partial charge in [0.2, 0.25) is 0 Å². The molecule has 23 heavy (non-hydrogen) atoms. The Kier molecular flexibility index (Phi) is 4.27. The molecule has 120 valence electrons. The van der Waals surface area contributed by atoms with Crippen LogP contribution in [0.4, 0.5) is 4.39 Å². The second-order valence-corrected chi connectivity index (χ2v) is 6.56. The highest BCUT2D eigenvalue weighted by Gasteiger charge is 2.26. The lowest BCUT2D eigenvalue weighted by Gasteiger charge is -2.23. The molecule has 0 fully saturated rings. The fraction of sp³-hybridized carbons (Fsp3) is 0.200. The highest BCUT2D eigenvalue weighted by Crippen LogP contribution is 2.31. The topological polar surface area (TPSA) is 59.7 Å². The first-order chi connectivity index (χ1) is 10.9. The second kappa shape index (κ2) is 6.07. The number of aliphatic hydroxyl groups is 1. The molecule has 0 aromatic carbocycles. The molecule has 0 aliphatic rings. The van der Waals surface area contributed by atoms with Crippen LogP contribution in [0.25, 0.3) is 5.52 Å². The largest absolute Gasteiger partial charge is 0.488 e. The van der Waals surface area contributed by atoms with Crippen LogP contribution < -0.4 is 4.74 Å². The molecular formula is C15H12BrClFN3O2. The summed E-state index contributed by atoms with van der Waals surface area (Å²) < 4.78 is 21.0. The monoisotopic (exact) mass is 399 g/mol. The van der Waals surface area contributed by atoms with Gasteiger partial charge >= 0.3 is 0 Å². The molecule has 0 saturated heterocycles. The molecule has 3 aromatic rings. The van der Waals surface area contributed by atoms with E-state index in [1.54, 1.807) is 23.7 Å². The van der Waals surface area contributed by atoms with Crippen LogP contribution in [0, 0.1) is 5.82 Å². The minimum absolute atomic E-state index is 0.0841. The second-order valence-electron chi connectivity index (χ2n) is 5.23. The summed E-state index contributed by atoms with van der Waals surface area (Å²) in [6.45, 7) is 1.46. The van der Waals surface area contributed by atoms with Crippen LogP contribution in [-0.2, 0) is 5.60 Å². The molecule has 0 aliphatic carbocycles. The van der Waals surface area contributed by atoms with Gasteiger partial charge in [-0.1, -0.05) is 11.6 Å². The van der Waals surface area contributed by atoms with Gasteiger partial charge in [0.05, 0.1) is 23.1 Å². The van der Waals surface area contributed by atoms with Crippen molar-refractivity contribution in [2.75, 3.05) is 6.61 Å². The average Bonchev–Trinajstić information content (AvgIpc) is 2.86. The van der Waals surface area contributed by atoms with Crippen molar-refractivity contribution in [3.8, 4) is 5.75 Å². The third-order valence-corrected chi connectivity index (χ3v) is 4.00. The molecule has 3 rings (SSSR count). The lowest BCUT2D eigenvalue weighted by molar-refractivity contribution is 0.00417. The van der Waals surface area contributed by atoms with E-state index in [0.29, 0.717) is 22.0 Å². The predicted molar refractivity (Wildman–Crippen MR) is 87.2 cm³/mol. The third kappa shape index (κ3) is 3.31. The van der Waals surface area contributed by atoms with Crippen molar-refractivity contribution in [2.24, 2.45) is 0 Å². The average molecular weight is 401 g/mol. The molecule has 0 radical (unpaired) electrons. The lowest BCUT2D eigenvalue weighted by atomic mass is 10.0. The van der Waals surface area contributed by atoms with Crippen LogP contribution >= 0.6 is 27.5 Å². The van der Waals surface area contributed by atoms with E-state index < -0.39 is 11.4 Å².